The van der Waals surface area contributed by atoms with Crippen LogP contribution in [0.1, 0.15) is 5.56 Å². The predicted molar refractivity (Wildman–Crippen MR) is 50.1 cm³/mol. The molecule has 0 heterocycles. The van der Waals surface area contributed by atoms with Gasteiger partial charge < -0.3 is 9.63 Å². The second-order valence-corrected chi connectivity index (χ2v) is 2.75. The van der Waals surface area contributed by atoms with Gasteiger partial charge in [-0.05, 0) is 12.0 Å². The van der Waals surface area contributed by atoms with Gasteiger partial charge in [0.25, 0.3) is 0 Å². The van der Waals surface area contributed by atoms with E-state index in [-0.39, 0.29) is 6.04 Å². The molecule has 0 amide bonds. The van der Waals surface area contributed by atoms with E-state index >= 15 is 0 Å². The summed E-state index contributed by atoms with van der Waals surface area (Å²) in [5.74, 6) is 0. The number of nitrogens with one attached hydrogen (secondary N) is 1. The standard InChI is InChI=1S/C10H13NO2/c1-13-11-10(8-12)7-9-5-3-2-4-6-9/h2-6,8,10-11H,7H2,1H3/t10-/m0/s1. The molecule has 0 radical (unpaired) electrons. The summed E-state index contributed by atoms with van der Waals surface area (Å²) in [4.78, 5) is 15.2. The Balaban J connectivity index is 2.51. The molecule has 13 heavy (non-hydrogen) atoms. The molecular formula is C10H13NO2. The molecule has 0 unspecified atom stereocenters. The van der Waals surface area contributed by atoms with Gasteiger partial charge in [0.1, 0.15) is 6.29 Å². The summed E-state index contributed by atoms with van der Waals surface area (Å²) in [5, 5.41) is 0. The first kappa shape index (κ1) is 9.89. The zero-order valence-corrected chi connectivity index (χ0v) is 7.57. The molecule has 0 saturated heterocycles. The van der Waals surface area contributed by atoms with Crippen molar-refractivity contribution in [1.82, 2.24) is 5.48 Å². The highest BCUT2D eigenvalue weighted by molar-refractivity contribution is 5.58. The van der Waals surface area contributed by atoms with E-state index in [1.165, 1.54) is 7.11 Å². The molecule has 0 fully saturated rings. The number of hydrogen-bond donors (Lipinski definition) is 1. The first-order valence-electron chi connectivity index (χ1n) is 4.14. The maximum atomic E-state index is 10.6. The zero-order valence-electron chi connectivity index (χ0n) is 7.57. The number of carbonyl (C=O) groups excluding carboxylic acids is 1. The Labute approximate surface area is 77.7 Å². The van der Waals surface area contributed by atoms with Gasteiger partial charge in [0.05, 0.1) is 13.2 Å². The maximum absolute atomic E-state index is 10.6. The molecule has 0 aromatic heterocycles. The van der Waals surface area contributed by atoms with Gasteiger partial charge in [-0.25, -0.2) is 0 Å². The predicted octanol–water partition coefficient (Wildman–Crippen LogP) is 0.948. The lowest BCUT2D eigenvalue weighted by molar-refractivity contribution is -0.112. The van der Waals surface area contributed by atoms with Crippen molar-refractivity contribution in [1.29, 1.82) is 0 Å². The number of hydroxylamine groups is 1. The van der Waals surface area contributed by atoms with Gasteiger partial charge in [-0.15, -0.1) is 0 Å². The first-order chi connectivity index (χ1) is 6.36. The molecule has 0 aliphatic carbocycles. The SMILES string of the molecule is CON[C@H](C=O)Cc1ccccc1. The quantitative estimate of drug-likeness (QED) is 0.540. The molecule has 3 heteroatoms. The van der Waals surface area contributed by atoms with Crippen molar-refractivity contribution in [2.75, 3.05) is 7.11 Å². The highest BCUT2D eigenvalue weighted by Gasteiger charge is 2.06. The van der Waals surface area contributed by atoms with E-state index in [2.05, 4.69) is 10.3 Å². The van der Waals surface area contributed by atoms with Gasteiger partial charge in [-0.2, -0.15) is 5.48 Å². The number of carbonyl (C=O) groups is 1. The zero-order chi connectivity index (χ0) is 9.52. The smallest absolute Gasteiger partial charge is 0.139 e. The Hall–Kier alpha value is -1.19. The molecule has 0 saturated carbocycles. The van der Waals surface area contributed by atoms with Crippen LogP contribution in [-0.2, 0) is 16.1 Å². The van der Waals surface area contributed by atoms with Gasteiger partial charge in [-0.3, -0.25) is 0 Å². The highest BCUT2D eigenvalue weighted by Crippen LogP contribution is 2.01. The van der Waals surface area contributed by atoms with Crippen molar-refractivity contribution < 1.29 is 9.63 Å². The van der Waals surface area contributed by atoms with Gasteiger partial charge >= 0.3 is 0 Å². The Morgan fingerprint density at radius 1 is 1.46 bits per heavy atom. The fourth-order valence-electron chi connectivity index (χ4n) is 1.14. The number of rotatable bonds is 5. The third-order valence-electron chi connectivity index (χ3n) is 1.73. The molecule has 0 spiro atoms. The minimum Gasteiger partial charge on any atom is -0.304 e. The summed E-state index contributed by atoms with van der Waals surface area (Å²) in [6.07, 6.45) is 1.49. The van der Waals surface area contributed by atoms with Gasteiger partial charge in [0.15, 0.2) is 0 Å². The normalized spacial score (nSPS) is 12.4. The van der Waals surface area contributed by atoms with Crippen molar-refractivity contribution >= 4 is 6.29 Å². The summed E-state index contributed by atoms with van der Waals surface area (Å²) in [7, 11) is 1.50. The van der Waals surface area contributed by atoms with Crippen LogP contribution in [-0.4, -0.2) is 19.4 Å². The highest BCUT2D eigenvalue weighted by atomic mass is 16.6. The van der Waals surface area contributed by atoms with Crippen LogP contribution in [0.2, 0.25) is 0 Å². The van der Waals surface area contributed by atoms with E-state index < -0.39 is 0 Å². The Morgan fingerprint density at radius 3 is 2.69 bits per heavy atom. The van der Waals surface area contributed by atoms with E-state index in [1.54, 1.807) is 0 Å². The monoisotopic (exact) mass is 179 g/mol. The average molecular weight is 179 g/mol. The molecule has 1 aromatic carbocycles. The van der Waals surface area contributed by atoms with Crippen molar-refractivity contribution in [2.45, 2.75) is 12.5 Å². The molecule has 0 aliphatic heterocycles. The fourth-order valence-corrected chi connectivity index (χ4v) is 1.14. The van der Waals surface area contributed by atoms with Gasteiger partial charge in [-0.1, -0.05) is 30.3 Å². The average Bonchev–Trinajstić information content (AvgIpc) is 2.19. The summed E-state index contributed by atoms with van der Waals surface area (Å²) in [6, 6.07) is 9.53. The Morgan fingerprint density at radius 2 is 2.15 bits per heavy atom. The van der Waals surface area contributed by atoms with Crippen molar-refractivity contribution in [2.24, 2.45) is 0 Å². The van der Waals surface area contributed by atoms with E-state index in [9.17, 15) is 4.79 Å². The number of benzene rings is 1. The molecule has 1 N–H and O–H groups in total. The second kappa shape index (κ2) is 5.45. The summed E-state index contributed by atoms with van der Waals surface area (Å²) in [6.45, 7) is 0. The molecule has 1 rings (SSSR count). The van der Waals surface area contributed by atoms with Crippen molar-refractivity contribution in [3.8, 4) is 0 Å². The van der Waals surface area contributed by atoms with Crippen LogP contribution in [0, 0.1) is 0 Å². The van der Waals surface area contributed by atoms with E-state index in [4.69, 9.17) is 0 Å². The molecule has 3 nitrogen and oxygen atoms in total. The fraction of sp³-hybridized carbons (Fsp3) is 0.300. The molecule has 70 valence electrons. The maximum Gasteiger partial charge on any atom is 0.139 e. The number of hydrogen-bond acceptors (Lipinski definition) is 3. The van der Waals surface area contributed by atoms with Crippen LogP contribution in [0.25, 0.3) is 0 Å². The summed E-state index contributed by atoms with van der Waals surface area (Å²) in [5.41, 5.74) is 3.73. The van der Waals surface area contributed by atoms with Crippen molar-refractivity contribution in [3.63, 3.8) is 0 Å². The van der Waals surface area contributed by atoms with Crippen molar-refractivity contribution in [3.05, 3.63) is 35.9 Å². The van der Waals surface area contributed by atoms with Crippen LogP contribution in [0.3, 0.4) is 0 Å². The van der Waals surface area contributed by atoms with Crippen LogP contribution in [0.5, 0.6) is 0 Å². The summed E-state index contributed by atoms with van der Waals surface area (Å²) >= 11 is 0. The van der Waals surface area contributed by atoms with E-state index in [0.29, 0.717) is 6.42 Å². The molecule has 0 aliphatic rings. The Kier molecular flexibility index (Phi) is 4.15. The lowest BCUT2D eigenvalue weighted by atomic mass is 10.1. The molecule has 1 aromatic rings. The van der Waals surface area contributed by atoms with Gasteiger partial charge in [0, 0.05) is 0 Å². The lowest BCUT2D eigenvalue weighted by Crippen LogP contribution is -2.31. The second-order valence-electron chi connectivity index (χ2n) is 2.75. The molecule has 1 atom stereocenters. The lowest BCUT2D eigenvalue weighted by Gasteiger charge is -2.09. The third kappa shape index (κ3) is 3.36. The van der Waals surface area contributed by atoms with E-state index in [0.717, 1.165) is 11.8 Å². The Bertz CT molecular complexity index is 248. The van der Waals surface area contributed by atoms with Crippen LogP contribution in [0.4, 0.5) is 0 Å². The van der Waals surface area contributed by atoms with Gasteiger partial charge in [0.2, 0.25) is 0 Å². The number of aldehydes is 1. The third-order valence-corrected chi connectivity index (χ3v) is 1.73. The minimum atomic E-state index is -0.271. The van der Waals surface area contributed by atoms with Crippen LogP contribution in [0.15, 0.2) is 30.3 Å². The topological polar surface area (TPSA) is 38.3 Å². The van der Waals surface area contributed by atoms with Crippen LogP contribution >= 0.6 is 0 Å². The molecule has 0 bridgehead atoms. The first-order valence-corrected chi connectivity index (χ1v) is 4.14. The summed E-state index contributed by atoms with van der Waals surface area (Å²) < 4.78 is 0. The molecular weight excluding hydrogens is 166 g/mol. The van der Waals surface area contributed by atoms with Crippen LogP contribution < -0.4 is 5.48 Å². The van der Waals surface area contributed by atoms with E-state index in [1.807, 2.05) is 30.3 Å². The minimum absolute atomic E-state index is 0.271. The largest absolute Gasteiger partial charge is 0.304 e.